The molecule has 3 rings (SSSR count). The SMILES string of the molecule is CN=C(NCc1ncc(C(C)(C)C)o1)N1CC=C(c2cccc(OC)c2)CC1. The van der Waals surface area contributed by atoms with Crippen molar-refractivity contribution < 1.29 is 9.15 Å². The first kappa shape index (κ1) is 20.0. The van der Waals surface area contributed by atoms with Crippen molar-refractivity contribution in [3.8, 4) is 5.75 Å². The van der Waals surface area contributed by atoms with Gasteiger partial charge in [-0.25, -0.2) is 4.98 Å². The van der Waals surface area contributed by atoms with Crippen LogP contribution in [-0.2, 0) is 12.0 Å². The molecule has 0 saturated carbocycles. The molecule has 0 atom stereocenters. The van der Waals surface area contributed by atoms with Crippen molar-refractivity contribution in [3.63, 3.8) is 0 Å². The number of nitrogens with zero attached hydrogens (tertiary/aromatic N) is 3. The van der Waals surface area contributed by atoms with E-state index >= 15 is 0 Å². The van der Waals surface area contributed by atoms with Crippen molar-refractivity contribution in [3.05, 3.63) is 53.8 Å². The molecule has 0 radical (unpaired) electrons. The smallest absolute Gasteiger partial charge is 0.213 e. The second kappa shape index (κ2) is 8.50. The van der Waals surface area contributed by atoms with Gasteiger partial charge in [-0.05, 0) is 29.7 Å². The largest absolute Gasteiger partial charge is 0.497 e. The zero-order chi connectivity index (χ0) is 20.1. The third kappa shape index (κ3) is 4.74. The molecule has 2 heterocycles. The summed E-state index contributed by atoms with van der Waals surface area (Å²) in [5, 5.41) is 3.36. The summed E-state index contributed by atoms with van der Waals surface area (Å²) in [5.74, 6) is 3.31. The number of nitrogens with one attached hydrogen (secondary N) is 1. The Morgan fingerprint density at radius 1 is 1.36 bits per heavy atom. The summed E-state index contributed by atoms with van der Waals surface area (Å²) in [5.41, 5.74) is 2.52. The van der Waals surface area contributed by atoms with Crippen molar-refractivity contribution >= 4 is 11.5 Å². The zero-order valence-electron chi connectivity index (χ0n) is 17.5. The van der Waals surface area contributed by atoms with Crippen LogP contribution in [0.2, 0.25) is 0 Å². The molecule has 1 aliphatic heterocycles. The first-order chi connectivity index (χ1) is 13.4. The highest BCUT2D eigenvalue weighted by Crippen LogP contribution is 2.26. The lowest BCUT2D eigenvalue weighted by Gasteiger charge is -2.29. The van der Waals surface area contributed by atoms with Gasteiger partial charge >= 0.3 is 0 Å². The van der Waals surface area contributed by atoms with Crippen molar-refractivity contribution in [2.45, 2.75) is 39.2 Å². The minimum Gasteiger partial charge on any atom is -0.497 e. The molecule has 6 nitrogen and oxygen atoms in total. The van der Waals surface area contributed by atoms with Crippen molar-refractivity contribution in [2.75, 3.05) is 27.2 Å². The molecule has 0 saturated heterocycles. The lowest BCUT2D eigenvalue weighted by molar-refractivity contribution is 0.375. The number of ether oxygens (including phenoxy) is 1. The molecule has 1 N–H and O–H groups in total. The van der Waals surface area contributed by atoms with Gasteiger partial charge in [0.15, 0.2) is 5.96 Å². The molecule has 0 bridgehead atoms. The fourth-order valence-corrected chi connectivity index (χ4v) is 3.17. The Morgan fingerprint density at radius 2 is 2.18 bits per heavy atom. The molecular formula is C22H30N4O2. The second-order valence-corrected chi connectivity index (χ2v) is 7.93. The summed E-state index contributed by atoms with van der Waals surface area (Å²) in [6.45, 7) is 8.58. The van der Waals surface area contributed by atoms with Gasteiger partial charge in [-0.3, -0.25) is 4.99 Å². The lowest BCUT2D eigenvalue weighted by atomic mass is 9.94. The average molecular weight is 383 g/mol. The normalized spacial score (nSPS) is 15.4. The van der Waals surface area contributed by atoms with Crippen molar-refractivity contribution in [2.24, 2.45) is 4.99 Å². The first-order valence-electron chi connectivity index (χ1n) is 9.65. The fourth-order valence-electron chi connectivity index (χ4n) is 3.17. The molecule has 2 aromatic rings. The van der Waals surface area contributed by atoms with Crippen LogP contribution in [0.5, 0.6) is 5.75 Å². The molecular weight excluding hydrogens is 352 g/mol. The topological polar surface area (TPSA) is 62.9 Å². The van der Waals surface area contributed by atoms with Gasteiger partial charge < -0.3 is 19.4 Å². The van der Waals surface area contributed by atoms with Gasteiger partial charge in [0.2, 0.25) is 5.89 Å². The maximum absolute atomic E-state index is 5.86. The van der Waals surface area contributed by atoms with Gasteiger partial charge in [0.25, 0.3) is 0 Å². The maximum Gasteiger partial charge on any atom is 0.213 e. The van der Waals surface area contributed by atoms with Crippen LogP contribution in [0.25, 0.3) is 5.57 Å². The number of aromatic nitrogens is 1. The van der Waals surface area contributed by atoms with E-state index in [9.17, 15) is 0 Å². The molecule has 0 aliphatic carbocycles. The molecule has 0 fully saturated rings. The minimum atomic E-state index is -0.0406. The third-order valence-electron chi connectivity index (χ3n) is 4.85. The van der Waals surface area contributed by atoms with Crippen molar-refractivity contribution in [1.82, 2.24) is 15.2 Å². The van der Waals surface area contributed by atoms with E-state index in [2.05, 4.69) is 59.2 Å². The predicted molar refractivity (Wildman–Crippen MR) is 113 cm³/mol. The number of benzene rings is 1. The summed E-state index contributed by atoms with van der Waals surface area (Å²) < 4.78 is 11.2. The van der Waals surface area contributed by atoms with Gasteiger partial charge in [-0.2, -0.15) is 0 Å². The second-order valence-electron chi connectivity index (χ2n) is 7.93. The Balaban J connectivity index is 1.60. The number of methoxy groups -OCH3 is 1. The minimum absolute atomic E-state index is 0.0406. The van der Waals surface area contributed by atoms with Gasteiger partial charge in [0, 0.05) is 25.6 Å². The molecule has 0 amide bonds. The quantitative estimate of drug-likeness (QED) is 0.643. The Hall–Kier alpha value is -2.76. The summed E-state index contributed by atoms with van der Waals surface area (Å²) in [4.78, 5) is 11.0. The van der Waals surface area contributed by atoms with E-state index in [0.717, 1.165) is 37.0 Å². The van der Waals surface area contributed by atoms with Crippen LogP contribution >= 0.6 is 0 Å². The van der Waals surface area contributed by atoms with E-state index in [0.29, 0.717) is 12.4 Å². The van der Waals surface area contributed by atoms with E-state index in [4.69, 9.17) is 9.15 Å². The Labute approximate surface area is 167 Å². The maximum atomic E-state index is 5.86. The molecule has 0 spiro atoms. The molecule has 1 aromatic heterocycles. The van der Waals surface area contributed by atoms with Crippen LogP contribution < -0.4 is 10.1 Å². The average Bonchev–Trinajstić information content (AvgIpc) is 3.18. The van der Waals surface area contributed by atoms with E-state index in [-0.39, 0.29) is 5.41 Å². The van der Waals surface area contributed by atoms with Crippen LogP contribution in [0.1, 0.15) is 44.4 Å². The molecule has 28 heavy (non-hydrogen) atoms. The molecule has 6 heteroatoms. The Morgan fingerprint density at radius 3 is 2.79 bits per heavy atom. The van der Waals surface area contributed by atoms with E-state index in [1.165, 1.54) is 11.1 Å². The molecule has 1 aliphatic rings. The van der Waals surface area contributed by atoms with Gasteiger partial charge in [0.1, 0.15) is 11.5 Å². The number of hydrogen-bond donors (Lipinski definition) is 1. The van der Waals surface area contributed by atoms with E-state index in [1.54, 1.807) is 14.2 Å². The zero-order valence-corrected chi connectivity index (χ0v) is 17.5. The standard InChI is InChI=1S/C22H30N4O2/c1-22(2,3)19-14-24-20(28-19)15-25-21(23-4)26-11-9-16(10-12-26)17-7-6-8-18(13-17)27-5/h6-9,13-14H,10-12,15H2,1-5H3,(H,23,25). The van der Waals surface area contributed by atoms with Crippen LogP contribution in [0.3, 0.4) is 0 Å². The van der Waals surface area contributed by atoms with Crippen molar-refractivity contribution in [1.29, 1.82) is 0 Å². The van der Waals surface area contributed by atoms with Gasteiger partial charge in [-0.1, -0.05) is 39.0 Å². The summed E-state index contributed by atoms with van der Waals surface area (Å²) in [6.07, 6.45) is 5.03. The number of aliphatic imine (C=N–C) groups is 1. The Bertz CT molecular complexity index is 861. The van der Waals surface area contributed by atoms with Crippen LogP contribution in [0.4, 0.5) is 0 Å². The van der Waals surface area contributed by atoms with Gasteiger partial charge in [-0.15, -0.1) is 0 Å². The van der Waals surface area contributed by atoms with Crippen LogP contribution in [0.15, 0.2) is 45.9 Å². The summed E-state index contributed by atoms with van der Waals surface area (Å²) in [7, 11) is 3.50. The fraction of sp³-hybridized carbons (Fsp3) is 0.455. The summed E-state index contributed by atoms with van der Waals surface area (Å²) in [6, 6.07) is 8.22. The van der Waals surface area contributed by atoms with E-state index < -0.39 is 0 Å². The monoisotopic (exact) mass is 382 g/mol. The molecule has 1 aromatic carbocycles. The summed E-state index contributed by atoms with van der Waals surface area (Å²) >= 11 is 0. The number of rotatable bonds is 4. The highest BCUT2D eigenvalue weighted by Gasteiger charge is 2.20. The first-order valence-corrected chi connectivity index (χ1v) is 9.65. The number of oxazole rings is 1. The van der Waals surface area contributed by atoms with Crippen LogP contribution in [-0.4, -0.2) is 43.1 Å². The molecule has 0 unspecified atom stereocenters. The van der Waals surface area contributed by atoms with E-state index in [1.807, 2.05) is 18.3 Å². The highest BCUT2D eigenvalue weighted by atomic mass is 16.5. The van der Waals surface area contributed by atoms with Crippen LogP contribution in [0, 0.1) is 0 Å². The van der Waals surface area contributed by atoms with Gasteiger partial charge in [0.05, 0.1) is 19.9 Å². The third-order valence-corrected chi connectivity index (χ3v) is 4.85. The highest BCUT2D eigenvalue weighted by molar-refractivity contribution is 5.81. The molecule has 150 valence electrons. The Kier molecular flexibility index (Phi) is 6.07. The predicted octanol–water partition coefficient (Wildman–Crippen LogP) is 3.85. The number of hydrogen-bond acceptors (Lipinski definition) is 4. The number of guanidine groups is 1. The lowest BCUT2D eigenvalue weighted by Crippen LogP contribution is -2.43.